The molecule has 5 heteroatoms. The molecule has 1 N–H and O–H groups in total. The summed E-state index contributed by atoms with van der Waals surface area (Å²) in [6, 6.07) is 7.67. The zero-order valence-electron chi connectivity index (χ0n) is 10.7. The lowest BCUT2D eigenvalue weighted by molar-refractivity contribution is -0.132. The van der Waals surface area contributed by atoms with Crippen LogP contribution >= 0.6 is 23.4 Å². The van der Waals surface area contributed by atoms with E-state index in [2.05, 4.69) is 0 Å². The molecule has 0 atom stereocenters. The van der Waals surface area contributed by atoms with Crippen LogP contribution in [0.1, 0.15) is 19.3 Å². The first kappa shape index (κ1) is 14.7. The Bertz CT molecular complexity index is 433. The third-order valence-electron chi connectivity index (χ3n) is 3.23. The van der Waals surface area contributed by atoms with Crippen LogP contribution in [0, 0.1) is 0 Å². The number of amides is 1. The molecule has 1 fully saturated rings. The number of piperidine rings is 1. The fourth-order valence-electron chi connectivity index (χ4n) is 2.08. The van der Waals surface area contributed by atoms with Crippen molar-refractivity contribution in [3.8, 4) is 0 Å². The SMILES string of the molecule is O=C(CCSc1ccccc1Cl)N1CCC(O)CC1. The standard InChI is InChI=1S/C14H18ClNO2S/c15-12-3-1-2-4-13(12)19-10-7-14(18)16-8-5-11(17)6-9-16/h1-4,11,17H,5-10H2. The summed E-state index contributed by atoms with van der Waals surface area (Å²) in [4.78, 5) is 14.8. The van der Waals surface area contributed by atoms with Crippen molar-refractivity contribution in [2.24, 2.45) is 0 Å². The molecule has 1 heterocycles. The van der Waals surface area contributed by atoms with Gasteiger partial charge in [0.1, 0.15) is 0 Å². The van der Waals surface area contributed by atoms with Gasteiger partial charge in [-0.3, -0.25) is 4.79 Å². The number of benzene rings is 1. The number of likely N-dealkylation sites (tertiary alicyclic amines) is 1. The van der Waals surface area contributed by atoms with Crippen molar-refractivity contribution in [1.82, 2.24) is 4.90 Å². The Hall–Kier alpha value is -0.710. The molecule has 3 nitrogen and oxygen atoms in total. The number of hydrogen-bond acceptors (Lipinski definition) is 3. The van der Waals surface area contributed by atoms with Gasteiger partial charge >= 0.3 is 0 Å². The molecule has 0 saturated carbocycles. The van der Waals surface area contributed by atoms with Crippen molar-refractivity contribution in [3.05, 3.63) is 29.3 Å². The van der Waals surface area contributed by atoms with E-state index in [-0.39, 0.29) is 12.0 Å². The predicted molar refractivity (Wildman–Crippen MR) is 78.6 cm³/mol. The van der Waals surface area contributed by atoms with Crippen LogP contribution in [0.3, 0.4) is 0 Å². The van der Waals surface area contributed by atoms with Crippen LogP contribution in [-0.4, -0.2) is 40.9 Å². The highest BCUT2D eigenvalue weighted by Crippen LogP contribution is 2.27. The summed E-state index contributed by atoms with van der Waals surface area (Å²) in [5.74, 6) is 0.910. The minimum atomic E-state index is -0.235. The molecule has 2 rings (SSSR count). The molecule has 1 aromatic rings. The van der Waals surface area contributed by atoms with Crippen LogP contribution < -0.4 is 0 Å². The van der Waals surface area contributed by atoms with Gasteiger partial charge in [-0.25, -0.2) is 0 Å². The minimum absolute atomic E-state index is 0.173. The lowest BCUT2D eigenvalue weighted by Gasteiger charge is -2.29. The second-order valence-corrected chi connectivity index (χ2v) is 6.18. The van der Waals surface area contributed by atoms with Crippen molar-refractivity contribution in [3.63, 3.8) is 0 Å². The number of aliphatic hydroxyl groups is 1. The maximum absolute atomic E-state index is 12.0. The third kappa shape index (κ3) is 4.41. The quantitative estimate of drug-likeness (QED) is 0.869. The van der Waals surface area contributed by atoms with Crippen LogP contribution in [0.4, 0.5) is 0 Å². The van der Waals surface area contributed by atoms with Gasteiger partial charge in [-0.05, 0) is 25.0 Å². The summed E-state index contributed by atoms with van der Waals surface area (Å²) >= 11 is 7.67. The molecule has 0 aliphatic carbocycles. The highest BCUT2D eigenvalue weighted by molar-refractivity contribution is 7.99. The monoisotopic (exact) mass is 299 g/mol. The fraction of sp³-hybridized carbons (Fsp3) is 0.500. The molecule has 1 aromatic carbocycles. The topological polar surface area (TPSA) is 40.5 Å². The number of thioether (sulfide) groups is 1. The molecule has 0 spiro atoms. The Morgan fingerprint density at radius 3 is 2.74 bits per heavy atom. The van der Waals surface area contributed by atoms with E-state index in [1.165, 1.54) is 0 Å². The van der Waals surface area contributed by atoms with E-state index < -0.39 is 0 Å². The summed E-state index contributed by atoms with van der Waals surface area (Å²) in [5.41, 5.74) is 0. The van der Waals surface area contributed by atoms with Crippen LogP contribution in [0.25, 0.3) is 0 Å². The molecule has 104 valence electrons. The van der Waals surface area contributed by atoms with Gasteiger partial charge in [-0.15, -0.1) is 11.8 Å². The largest absolute Gasteiger partial charge is 0.393 e. The van der Waals surface area contributed by atoms with Gasteiger partial charge in [0.05, 0.1) is 11.1 Å². The second-order valence-electron chi connectivity index (χ2n) is 4.64. The average molecular weight is 300 g/mol. The van der Waals surface area contributed by atoms with Crippen molar-refractivity contribution in [2.45, 2.75) is 30.3 Å². The van der Waals surface area contributed by atoms with Gasteiger partial charge in [-0.2, -0.15) is 0 Å². The van der Waals surface area contributed by atoms with Gasteiger partial charge in [0.2, 0.25) is 5.91 Å². The zero-order chi connectivity index (χ0) is 13.7. The number of carbonyl (C=O) groups excluding carboxylic acids is 1. The summed E-state index contributed by atoms with van der Waals surface area (Å²) in [7, 11) is 0. The Labute approximate surface area is 122 Å². The maximum atomic E-state index is 12.0. The van der Waals surface area contributed by atoms with E-state index in [0.717, 1.165) is 15.7 Å². The van der Waals surface area contributed by atoms with Gasteiger partial charge in [0.15, 0.2) is 0 Å². The van der Waals surface area contributed by atoms with E-state index in [0.29, 0.717) is 32.4 Å². The van der Waals surface area contributed by atoms with Crippen molar-refractivity contribution >= 4 is 29.3 Å². The minimum Gasteiger partial charge on any atom is -0.393 e. The van der Waals surface area contributed by atoms with Gasteiger partial charge in [-0.1, -0.05) is 23.7 Å². The first-order chi connectivity index (χ1) is 9.16. The molecule has 1 aliphatic heterocycles. The van der Waals surface area contributed by atoms with Crippen LogP contribution in [-0.2, 0) is 4.79 Å². The lowest BCUT2D eigenvalue weighted by Crippen LogP contribution is -2.40. The maximum Gasteiger partial charge on any atom is 0.223 e. The summed E-state index contributed by atoms with van der Waals surface area (Å²) < 4.78 is 0. The summed E-state index contributed by atoms with van der Waals surface area (Å²) in [6.07, 6.45) is 1.68. The molecule has 0 aromatic heterocycles. The third-order valence-corrected chi connectivity index (χ3v) is 4.74. The predicted octanol–water partition coefficient (Wildman–Crippen LogP) is 2.81. The first-order valence-corrected chi connectivity index (χ1v) is 7.86. The Balaban J connectivity index is 1.74. The van der Waals surface area contributed by atoms with Crippen molar-refractivity contribution in [2.75, 3.05) is 18.8 Å². The fourth-order valence-corrected chi connectivity index (χ4v) is 3.26. The van der Waals surface area contributed by atoms with Gasteiger partial charge in [0.25, 0.3) is 0 Å². The lowest BCUT2D eigenvalue weighted by atomic mass is 10.1. The summed E-state index contributed by atoms with van der Waals surface area (Å²) in [6.45, 7) is 1.35. The first-order valence-electron chi connectivity index (χ1n) is 6.50. The Morgan fingerprint density at radius 2 is 2.05 bits per heavy atom. The Morgan fingerprint density at radius 1 is 1.37 bits per heavy atom. The molecular formula is C14H18ClNO2S. The average Bonchev–Trinajstić information content (AvgIpc) is 2.41. The highest BCUT2D eigenvalue weighted by Gasteiger charge is 2.20. The summed E-state index contributed by atoms with van der Waals surface area (Å²) in [5, 5.41) is 10.1. The number of rotatable bonds is 4. The van der Waals surface area contributed by atoms with E-state index >= 15 is 0 Å². The number of halogens is 1. The molecular weight excluding hydrogens is 282 g/mol. The van der Waals surface area contributed by atoms with Gasteiger partial charge < -0.3 is 10.0 Å². The van der Waals surface area contributed by atoms with E-state index in [1.807, 2.05) is 29.2 Å². The molecule has 1 amide bonds. The van der Waals surface area contributed by atoms with E-state index in [4.69, 9.17) is 11.6 Å². The van der Waals surface area contributed by atoms with Gasteiger partial charge in [0, 0.05) is 30.2 Å². The number of carbonyl (C=O) groups is 1. The Kier molecular flexibility index (Phi) is 5.55. The highest BCUT2D eigenvalue weighted by atomic mass is 35.5. The molecule has 0 unspecified atom stereocenters. The number of aliphatic hydroxyl groups excluding tert-OH is 1. The molecule has 0 radical (unpaired) electrons. The zero-order valence-corrected chi connectivity index (χ0v) is 12.3. The number of hydrogen-bond donors (Lipinski definition) is 1. The molecule has 1 saturated heterocycles. The van der Waals surface area contributed by atoms with E-state index in [1.54, 1.807) is 11.8 Å². The van der Waals surface area contributed by atoms with Crippen molar-refractivity contribution in [1.29, 1.82) is 0 Å². The normalized spacial score (nSPS) is 16.6. The van der Waals surface area contributed by atoms with Crippen LogP contribution in [0.15, 0.2) is 29.2 Å². The van der Waals surface area contributed by atoms with Crippen LogP contribution in [0.2, 0.25) is 5.02 Å². The van der Waals surface area contributed by atoms with Crippen molar-refractivity contribution < 1.29 is 9.90 Å². The molecule has 0 bridgehead atoms. The second kappa shape index (κ2) is 7.17. The van der Waals surface area contributed by atoms with Crippen LogP contribution in [0.5, 0.6) is 0 Å². The number of nitrogens with zero attached hydrogens (tertiary/aromatic N) is 1. The van der Waals surface area contributed by atoms with E-state index in [9.17, 15) is 9.90 Å². The molecule has 1 aliphatic rings. The smallest absolute Gasteiger partial charge is 0.223 e. The molecule has 19 heavy (non-hydrogen) atoms.